The monoisotopic (exact) mass is 408 g/mol. The van der Waals surface area contributed by atoms with Gasteiger partial charge in [-0.1, -0.05) is 0 Å². The molecule has 0 fully saturated rings. The Morgan fingerprint density at radius 3 is 2.17 bits per heavy atom. The van der Waals surface area contributed by atoms with Gasteiger partial charge in [0.1, 0.15) is 5.75 Å². The number of carbonyl (C=O) groups excluding carboxylic acids is 1. The summed E-state index contributed by atoms with van der Waals surface area (Å²) in [7, 11) is 3.99. The number of hydrogen-bond acceptors (Lipinski definition) is 6. The Hall–Kier alpha value is -3.40. The molecule has 1 aromatic heterocycles. The molecular formula is C19H28N4O6. The van der Waals surface area contributed by atoms with Gasteiger partial charge < -0.3 is 29.7 Å². The molecule has 0 radical (unpaired) electrons. The molecule has 0 aliphatic carbocycles. The molecule has 3 N–H and O–H groups in total. The van der Waals surface area contributed by atoms with Gasteiger partial charge in [-0.2, -0.15) is 0 Å². The van der Waals surface area contributed by atoms with Crippen molar-refractivity contribution in [3.8, 4) is 5.75 Å². The Morgan fingerprint density at radius 2 is 1.72 bits per heavy atom. The number of nitrogens with zero attached hydrogens (tertiary/aromatic N) is 3. The van der Waals surface area contributed by atoms with Gasteiger partial charge in [-0.3, -0.25) is 14.4 Å². The van der Waals surface area contributed by atoms with Gasteiger partial charge in [-0.05, 0) is 45.3 Å². The first-order chi connectivity index (χ1) is 13.9. The van der Waals surface area contributed by atoms with Gasteiger partial charge in [0.15, 0.2) is 0 Å². The summed E-state index contributed by atoms with van der Waals surface area (Å²) < 4.78 is 5.42. The highest BCUT2D eigenvalue weighted by Gasteiger charge is 2.17. The molecule has 0 aliphatic heterocycles. The van der Waals surface area contributed by atoms with Crippen LogP contribution in [0.25, 0.3) is 0 Å². The quantitative estimate of drug-likeness (QED) is 0.558. The molecule has 1 amide bonds. The SMILES string of the molecule is CCOc1ccc(C(=O)N(CCN(C)C)Cc2cnc[nH]2)cc1.O=CO.O=CO. The van der Waals surface area contributed by atoms with Crippen molar-refractivity contribution in [1.29, 1.82) is 0 Å². The van der Waals surface area contributed by atoms with Crippen LogP contribution < -0.4 is 4.74 Å². The first-order valence-corrected chi connectivity index (χ1v) is 8.73. The van der Waals surface area contributed by atoms with E-state index in [0.29, 0.717) is 25.3 Å². The number of nitrogens with one attached hydrogen (secondary N) is 1. The van der Waals surface area contributed by atoms with E-state index in [1.165, 1.54) is 0 Å². The van der Waals surface area contributed by atoms with Crippen LogP contribution in [0.3, 0.4) is 0 Å². The summed E-state index contributed by atoms with van der Waals surface area (Å²) in [6, 6.07) is 7.28. The smallest absolute Gasteiger partial charge is 0.290 e. The van der Waals surface area contributed by atoms with Crippen molar-refractivity contribution in [2.45, 2.75) is 13.5 Å². The van der Waals surface area contributed by atoms with E-state index in [0.717, 1.165) is 18.0 Å². The van der Waals surface area contributed by atoms with Gasteiger partial charge in [0.2, 0.25) is 0 Å². The Morgan fingerprint density at radius 1 is 1.14 bits per heavy atom. The molecule has 2 aromatic rings. The van der Waals surface area contributed by atoms with E-state index in [1.807, 2.05) is 50.2 Å². The minimum atomic E-state index is -0.250. The zero-order valence-corrected chi connectivity index (χ0v) is 16.8. The van der Waals surface area contributed by atoms with Gasteiger partial charge in [0.25, 0.3) is 18.9 Å². The minimum absolute atomic E-state index is 0.00417. The summed E-state index contributed by atoms with van der Waals surface area (Å²) in [5.74, 6) is 0.780. The van der Waals surface area contributed by atoms with E-state index in [2.05, 4.69) is 14.9 Å². The maximum atomic E-state index is 12.8. The summed E-state index contributed by atoms with van der Waals surface area (Å²) in [5, 5.41) is 13.8. The lowest BCUT2D eigenvalue weighted by atomic mass is 10.2. The van der Waals surface area contributed by atoms with E-state index >= 15 is 0 Å². The fourth-order valence-electron chi connectivity index (χ4n) is 2.19. The van der Waals surface area contributed by atoms with Crippen molar-refractivity contribution < 1.29 is 29.3 Å². The summed E-state index contributed by atoms with van der Waals surface area (Å²) >= 11 is 0. The number of benzene rings is 1. The molecule has 0 spiro atoms. The highest BCUT2D eigenvalue weighted by Crippen LogP contribution is 2.15. The van der Waals surface area contributed by atoms with E-state index in [1.54, 1.807) is 12.5 Å². The molecule has 0 atom stereocenters. The maximum Gasteiger partial charge on any atom is 0.290 e. The molecule has 0 bridgehead atoms. The van der Waals surface area contributed by atoms with Gasteiger partial charge >= 0.3 is 0 Å². The summed E-state index contributed by atoms with van der Waals surface area (Å²) in [5.41, 5.74) is 1.58. The first kappa shape index (κ1) is 25.6. The van der Waals surface area contributed by atoms with Crippen molar-refractivity contribution in [3.05, 3.63) is 48.0 Å². The zero-order chi connectivity index (χ0) is 22.1. The lowest BCUT2D eigenvalue weighted by Crippen LogP contribution is -2.36. The summed E-state index contributed by atoms with van der Waals surface area (Å²) in [6.45, 7) is 4.02. The van der Waals surface area contributed by atoms with Gasteiger partial charge in [-0.25, -0.2) is 4.98 Å². The molecule has 2 rings (SSSR count). The number of aromatic nitrogens is 2. The van der Waals surface area contributed by atoms with Crippen LogP contribution in [0.5, 0.6) is 5.75 Å². The van der Waals surface area contributed by atoms with Crippen LogP contribution in [0.2, 0.25) is 0 Å². The third-order valence-electron chi connectivity index (χ3n) is 3.43. The van der Waals surface area contributed by atoms with Crippen molar-refractivity contribution in [2.24, 2.45) is 0 Å². The lowest BCUT2D eigenvalue weighted by Gasteiger charge is -2.24. The maximum absolute atomic E-state index is 12.8. The van der Waals surface area contributed by atoms with Crippen molar-refractivity contribution >= 4 is 18.9 Å². The second kappa shape index (κ2) is 15.6. The molecule has 1 heterocycles. The van der Waals surface area contributed by atoms with Gasteiger partial charge in [-0.15, -0.1) is 0 Å². The number of carbonyl (C=O) groups is 3. The second-order valence-corrected chi connectivity index (χ2v) is 5.78. The summed E-state index contributed by atoms with van der Waals surface area (Å²) in [6.07, 6.45) is 3.37. The third kappa shape index (κ3) is 11.1. The first-order valence-electron chi connectivity index (χ1n) is 8.73. The van der Waals surface area contributed by atoms with Crippen molar-refractivity contribution in [1.82, 2.24) is 19.8 Å². The van der Waals surface area contributed by atoms with Crippen molar-refractivity contribution in [3.63, 3.8) is 0 Å². The topological polar surface area (TPSA) is 136 Å². The molecule has 1 aromatic carbocycles. The van der Waals surface area contributed by atoms with Crippen LogP contribution in [0.15, 0.2) is 36.8 Å². The van der Waals surface area contributed by atoms with Crippen LogP contribution >= 0.6 is 0 Å². The number of carboxylic acid groups (broad SMARTS) is 2. The molecular weight excluding hydrogens is 380 g/mol. The molecule has 160 valence electrons. The molecule has 0 saturated heterocycles. The number of aromatic amines is 1. The number of rotatable bonds is 8. The fourth-order valence-corrected chi connectivity index (χ4v) is 2.19. The number of H-pyrrole nitrogens is 1. The molecule has 0 saturated carbocycles. The van der Waals surface area contributed by atoms with Crippen LogP contribution in [0.1, 0.15) is 23.0 Å². The van der Waals surface area contributed by atoms with E-state index < -0.39 is 0 Å². The lowest BCUT2D eigenvalue weighted by molar-refractivity contribution is -0.123. The Kier molecular flexibility index (Phi) is 13.8. The van der Waals surface area contributed by atoms with Crippen LogP contribution in [0.4, 0.5) is 0 Å². The minimum Gasteiger partial charge on any atom is -0.494 e. The Labute approximate surface area is 169 Å². The fraction of sp³-hybridized carbons (Fsp3) is 0.368. The van der Waals surface area contributed by atoms with Crippen LogP contribution in [0, 0.1) is 0 Å². The number of amides is 1. The predicted molar refractivity (Wildman–Crippen MR) is 107 cm³/mol. The number of likely N-dealkylation sites (N-methyl/N-ethyl adjacent to an activating group) is 1. The van der Waals surface area contributed by atoms with E-state index in [4.69, 9.17) is 24.5 Å². The Bertz CT molecular complexity index is 683. The number of ether oxygens (including phenoxy) is 1. The molecule has 10 heteroatoms. The van der Waals surface area contributed by atoms with Gasteiger partial charge in [0, 0.05) is 24.8 Å². The summed E-state index contributed by atoms with van der Waals surface area (Å²) in [4.78, 5) is 40.5. The molecule has 29 heavy (non-hydrogen) atoms. The highest BCUT2D eigenvalue weighted by atomic mass is 16.5. The molecule has 0 aliphatic rings. The van der Waals surface area contributed by atoms with Crippen LogP contribution in [-0.4, -0.2) is 82.6 Å². The number of imidazole rings is 1. The van der Waals surface area contributed by atoms with E-state index in [9.17, 15) is 4.79 Å². The molecule has 10 nitrogen and oxygen atoms in total. The molecule has 0 unspecified atom stereocenters. The standard InChI is InChI=1S/C17H24N4O2.2CH2O2/c1-4-23-16-7-5-14(6-8-16)17(22)21(10-9-20(2)3)12-15-11-18-13-19-15;2*2-1-3/h5-8,11,13H,4,9-10,12H2,1-3H3,(H,18,19);2*1H,(H,2,3). The van der Waals surface area contributed by atoms with Crippen molar-refractivity contribution in [2.75, 3.05) is 33.8 Å². The normalized spacial score (nSPS) is 9.38. The zero-order valence-electron chi connectivity index (χ0n) is 16.8. The third-order valence-corrected chi connectivity index (χ3v) is 3.43. The second-order valence-electron chi connectivity index (χ2n) is 5.78. The Balaban J connectivity index is 0.00000116. The average Bonchev–Trinajstić information content (AvgIpc) is 3.20. The average molecular weight is 408 g/mol. The highest BCUT2D eigenvalue weighted by molar-refractivity contribution is 5.94. The number of hydrogen-bond donors (Lipinski definition) is 3. The van der Waals surface area contributed by atoms with E-state index in [-0.39, 0.29) is 18.9 Å². The van der Waals surface area contributed by atoms with Crippen LogP contribution in [-0.2, 0) is 16.1 Å². The van der Waals surface area contributed by atoms with Gasteiger partial charge in [0.05, 0.1) is 25.2 Å². The largest absolute Gasteiger partial charge is 0.494 e. The predicted octanol–water partition coefficient (Wildman–Crippen LogP) is 1.41.